The largest absolute Gasteiger partial charge is 0.418 e. The number of carbonyl (C=O) groups is 1. The van der Waals surface area contributed by atoms with E-state index in [-0.39, 0.29) is 11.4 Å². The second-order valence-corrected chi connectivity index (χ2v) is 8.93. The van der Waals surface area contributed by atoms with Crippen molar-refractivity contribution in [3.05, 3.63) is 58.1 Å². The Labute approximate surface area is 187 Å². The number of nitro benzene ring substituents is 1. The minimum absolute atomic E-state index is 0.0817. The zero-order chi connectivity index (χ0) is 23.5. The quantitative estimate of drug-likeness (QED) is 0.383. The molecule has 0 saturated carbocycles. The van der Waals surface area contributed by atoms with Gasteiger partial charge in [-0.25, -0.2) is 0 Å². The van der Waals surface area contributed by atoms with E-state index in [1.807, 2.05) is 11.9 Å². The number of amides is 1. The molecule has 172 valence electrons. The zero-order valence-electron chi connectivity index (χ0n) is 17.6. The summed E-state index contributed by atoms with van der Waals surface area (Å²) in [7, 11) is 1.97. The summed E-state index contributed by atoms with van der Waals surface area (Å²) >= 11 is 1.10. The van der Waals surface area contributed by atoms with Crippen molar-refractivity contribution in [2.45, 2.75) is 23.2 Å². The van der Waals surface area contributed by atoms with E-state index in [4.69, 9.17) is 0 Å². The number of carbonyl (C=O) groups excluding carboxylic acids is 1. The molecule has 0 spiro atoms. The van der Waals surface area contributed by atoms with Crippen molar-refractivity contribution in [1.29, 1.82) is 0 Å². The number of non-ortho nitro benzene ring substituents is 1. The SMILES string of the molecule is CC(Sc1ccc([N+](=O)[O-])cc1)C(=O)Nc1ccc(N2CCN(C)CC2)cc1C(F)(F)F. The van der Waals surface area contributed by atoms with Gasteiger partial charge in [-0.05, 0) is 44.3 Å². The van der Waals surface area contributed by atoms with E-state index in [0.717, 1.165) is 30.9 Å². The van der Waals surface area contributed by atoms with Gasteiger partial charge in [0.2, 0.25) is 5.91 Å². The van der Waals surface area contributed by atoms with E-state index in [1.54, 1.807) is 13.0 Å². The number of nitrogens with zero attached hydrogens (tertiary/aromatic N) is 3. The normalized spacial score (nSPS) is 16.0. The number of halogens is 3. The van der Waals surface area contributed by atoms with Gasteiger partial charge in [0.15, 0.2) is 0 Å². The molecular formula is C21H23F3N4O3S. The molecule has 0 radical (unpaired) electrons. The Balaban J connectivity index is 1.73. The summed E-state index contributed by atoms with van der Waals surface area (Å²) in [4.78, 5) is 27.4. The third-order valence-corrected chi connectivity index (χ3v) is 6.28. The lowest BCUT2D eigenvalue weighted by Gasteiger charge is -2.34. The minimum Gasteiger partial charge on any atom is -0.369 e. The van der Waals surface area contributed by atoms with Crippen LogP contribution in [-0.2, 0) is 11.0 Å². The van der Waals surface area contributed by atoms with Crippen LogP contribution in [0.2, 0.25) is 0 Å². The van der Waals surface area contributed by atoms with Gasteiger partial charge in [0.05, 0.1) is 21.4 Å². The number of anilines is 2. The molecule has 32 heavy (non-hydrogen) atoms. The van der Waals surface area contributed by atoms with Gasteiger partial charge in [-0.1, -0.05) is 0 Å². The summed E-state index contributed by atoms with van der Waals surface area (Å²) in [5, 5.41) is 12.4. The summed E-state index contributed by atoms with van der Waals surface area (Å²) < 4.78 is 41.2. The van der Waals surface area contributed by atoms with Crippen LogP contribution in [0.25, 0.3) is 0 Å². The van der Waals surface area contributed by atoms with Crippen molar-refractivity contribution in [2.75, 3.05) is 43.4 Å². The molecule has 1 N–H and O–H groups in total. The van der Waals surface area contributed by atoms with Gasteiger partial charge in [-0.15, -0.1) is 11.8 Å². The first-order chi connectivity index (χ1) is 15.0. The maximum atomic E-state index is 13.7. The predicted octanol–water partition coefficient (Wildman–Crippen LogP) is 4.48. The molecule has 0 aromatic heterocycles. The highest BCUT2D eigenvalue weighted by Crippen LogP contribution is 2.38. The Morgan fingerprint density at radius 3 is 2.31 bits per heavy atom. The smallest absolute Gasteiger partial charge is 0.369 e. The van der Waals surface area contributed by atoms with Crippen LogP contribution in [0.5, 0.6) is 0 Å². The summed E-state index contributed by atoms with van der Waals surface area (Å²) in [5.41, 5.74) is -0.801. The molecule has 1 atom stereocenters. The molecule has 1 heterocycles. The number of hydrogen-bond acceptors (Lipinski definition) is 6. The minimum atomic E-state index is -4.63. The Bertz CT molecular complexity index is 977. The maximum Gasteiger partial charge on any atom is 0.418 e. The highest BCUT2D eigenvalue weighted by molar-refractivity contribution is 8.00. The van der Waals surface area contributed by atoms with Gasteiger partial charge < -0.3 is 15.1 Å². The van der Waals surface area contributed by atoms with Crippen LogP contribution < -0.4 is 10.2 Å². The molecule has 0 aliphatic carbocycles. The van der Waals surface area contributed by atoms with Gasteiger partial charge in [-0.3, -0.25) is 14.9 Å². The van der Waals surface area contributed by atoms with Gasteiger partial charge in [0.1, 0.15) is 0 Å². The molecule has 2 aromatic rings. The number of likely N-dealkylation sites (N-methyl/N-ethyl adjacent to an activating group) is 1. The standard InChI is InChI=1S/C21H23F3N4O3S/c1-14(32-17-6-3-15(4-7-17)28(30)31)20(29)25-19-8-5-16(13-18(19)21(22,23)24)27-11-9-26(2)10-12-27/h3-8,13-14H,9-12H2,1-2H3,(H,25,29). The molecule has 2 aromatic carbocycles. The molecule has 1 fully saturated rings. The Morgan fingerprint density at radius 1 is 1.12 bits per heavy atom. The summed E-state index contributed by atoms with van der Waals surface area (Å²) in [6.45, 7) is 4.34. The lowest BCUT2D eigenvalue weighted by atomic mass is 10.1. The maximum absolute atomic E-state index is 13.7. The molecule has 1 amide bonds. The van der Waals surface area contributed by atoms with Crippen molar-refractivity contribution in [2.24, 2.45) is 0 Å². The van der Waals surface area contributed by atoms with Crippen LogP contribution in [0.4, 0.5) is 30.2 Å². The zero-order valence-corrected chi connectivity index (χ0v) is 18.4. The number of thioether (sulfide) groups is 1. The number of nitrogens with one attached hydrogen (secondary N) is 1. The molecule has 1 aliphatic rings. The molecule has 1 aliphatic heterocycles. The van der Waals surface area contributed by atoms with E-state index in [2.05, 4.69) is 10.2 Å². The monoisotopic (exact) mass is 468 g/mol. The van der Waals surface area contributed by atoms with Crippen molar-refractivity contribution >= 4 is 34.7 Å². The number of piperazine rings is 1. The second-order valence-electron chi connectivity index (χ2n) is 7.52. The number of benzene rings is 2. The predicted molar refractivity (Wildman–Crippen MR) is 118 cm³/mol. The van der Waals surface area contributed by atoms with E-state index in [0.29, 0.717) is 23.7 Å². The van der Waals surface area contributed by atoms with E-state index in [9.17, 15) is 28.1 Å². The fourth-order valence-electron chi connectivity index (χ4n) is 3.28. The van der Waals surface area contributed by atoms with Crippen LogP contribution in [-0.4, -0.2) is 54.2 Å². The molecule has 11 heteroatoms. The fraction of sp³-hybridized carbons (Fsp3) is 0.381. The van der Waals surface area contributed by atoms with Crippen LogP contribution in [0.15, 0.2) is 47.4 Å². The van der Waals surface area contributed by atoms with Crippen molar-refractivity contribution in [1.82, 2.24) is 4.90 Å². The molecule has 1 saturated heterocycles. The Morgan fingerprint density at radius 2 is 1.75 bits per heavy atom. The highest BCUT2D eigenvalue weighted by Gasteiger charge is 2.35. The van der Waals surface area contributed by atoms with Gasteiger partial charge >= 0.3 is 6.18 Å². The van der Waals surface area contributed by atoms with Gasteiger partial charge in [0, 0.05) is 48.9 Å². The number of rotatable bonds is 6. The molecule has 3 rings (SSSR count). The summed E-state index contributed by atoms with van der Waals surface area (Å²) in [5.74, 6) is -0.591. The van der Waals surface area contributed by atoms with E-state index >= 15 is 0 Å². The topological polar surface area (TPSA) is 78.7 Å². The van der Waals surface area contributed by atoms with Crippen molar-refractivity contribution in [3.8, 4) is 0 Å². The van der Waals surface area contributed by atoms with Crippen LogP contribution in [0.1, 0.15) is 12.5 Å². The molecule has 0 bridgehead atoms. The first kappa shape index (κ1) is 23.9. The van der Waals surface area contributed by atoms with Crippen molar-refractivity contribution < 1.29 is 22.9 Å². The van der Waals surface area contributed by atoms with E-state index < -0.39 is 27.8 Å². The first-order valence-electron chi connectivity index (χ1n) is 9.91. The number of alkyl halides is 3. The van der Waals surface area contributed by atoms with Crippen LogP contribution >= 0.6 is 11.8 Å². The second kappa shape index (κ2) is 9.78. The van der Waals surface area contributed by atoms with Crippen LogP contribution in [0, 0.1) is 10.1 Å². The van der Waals surface area contributed by atoms with Gasteiger partial charge in [-0.2, -0.15) is 13.2 Å². The van der Waals surface area contributed by atoms with Crippen molar-refractivity contribution in [3.63, 3.8) is 0 Å². The molecule has 7 nitrogen and oxygen atoms in total. The third-order valence-electron chi connectivity index (χ3n) is 5.16. The number of nitro groups is 1. The average Bonchev–Trinajstić information content (AvgIpc) is 2.74. The average molecular weight is 469 g/mol. The molecular weight excluding hydrogens is 445 g/mol. The molecule has 1 unspecified atom stereocenters. The fourth-order valence-corrected chi connectivity index (χ4v) is 4.14. The third kappa shape index (κ3) is 5.92. The van der Waals surface area contributed by atoms with E-state index in [1.165, 1.54) is 30.3 Å². The Kier molecular flexibility index (Phi) is 7.29. The van der Waals surface area contributed by atoms with Gasteiger partial charge in [0.25, 0.3) is 5.69 Å². The lowest BCUT2D eigenvalue weighted by molar-refractivity contribution is -0.384. The lowest BCUT2D eigenvalue weighted by Crippen LogP contribution is -2.44. The number of hydrogen-bond donors (Lipinski definition) is 1. The summed E-state index contributed by atoms with van der Waals surface area (Å²) in [6, 6.07) is 9.58. The highest BCUT2D eigenvalue weighted by atomic mass is 32.2. The first-order valence-corrected chi connectivity index (χ1v) is 10.8. The van der Waals surface area contributed by atoms with Crippen LogP contribution in [0.3, 0.4) is 0 Å². The Hall–Kier alpha value is -2.79. The summed E-state index contributed by atoms with van der Waals surface area (Å²) in [6.07, 6.45) is -4.63.